The smallest absolute Gasteiger partial charge is 0.254 e. The maximum atomic E-state index is 12.7. The maximum Gasteiger partial charge on any atom is 0.254 e. The van der Waals surface area contributed by atoms with Crippen LogP contribution in [0.5, 0.6) is 0 Å². The Morgan fingerprint density at radius 2 is 2.04 bits per heavy atom. The van der Waals surface area contributed by atoms with Crippen LogP contribution in [0.25, 0.3) is 0 Å². The summed E-state index contributed by atoms with van der Waals surface area (Å²) in [5.41, 5.74) is 2.41. The number of carbonyl (C=O) groups is 2. The zero-order valence-corrected chi connectivity index (χ0v) is 16.2. The van der Waals surface area contributed by atoms with Gasteiger partial charge in [0.15, 0.2) is 0 Å². The lowest BCUT2D eigenvalue weighted by Crippen LogP contribution is -2.42. The van der Waals surface area contributed by atoms with Crippen LogP contribution in [0.1, 0.15) is 54.9 Å². The summed E-state index contributed by atoms with van der Waals surface area (Å²) in [7, 11) is 1.88. The molecule has 0 spiro atoms. The minimum atomic E-state index is 0. The van der Waals surface area contributed by atoms with Crippen LogP contribution in [0.15, 0.2) is 18.2 Å². The monoisotopic (exact) mass is 367 g/mol. The third-order valence-electron chi connectivity index (χ3n) is 4.64. The number of benzene rings is 1. The van der Waals surface area contributed by atoms with Crippen LogP contribution in [0.4, 0.5) is 5.69 Å². The molecule has 1 atom stereocenters. The molecule has 25 heavy (non-hydrogen) atoms. The standard InChI is InChI=1S/C19H29N3O2.ClH/c1-14-13-16(19(24)22-12-5-4-7-15(22)2)9-10-17(14)21-18(23)8-6-11-20-3;/h9-10,13,15,20H,4-8,11-12H2,1-3H3,(H,21,23);1H. The zero-order valence-electron chi connectivity index (χ0n) is 15.4. The molecule has 5 nitrogen and oxygen atoms in total. The van der Waals surface area contributed by atoms with E-state index in [1.807, 2.05) is 37.1 Å². The van der Waals surface area contributed by atoms with Gasteiger partial charge in [0.2, 0.25) is 5.91 Å². The molecule has 0 aliphatic carbocycles. The molecule has 1 unspecified atom stereocenters. The van der Waals surface area contributed by atoms with Crippen molar-refractivity contribution in [1.29, 1.82) is 0 Å². The minimum absolute atomic E-state index is 0. The maximum absolute atomic E-state index is 12.7. The third kappa shape index (κ3) is 6.01. The molecule has 1 aromatic rings. The summed E-state index contributed by atoms with van der Waals surface area (Å²) in [6.07, 6.45) is 4.65. The van der Waals surface area contributed by atoms with E-state index in [0.29, 0.717) is 18.0 Å². The fraction of sp³-hybridized carbons (Fsp3) is 0.579. The van der Waals surface area contributed by atoms with E-state index in [4.69, 9.17) is 0 Å². The molecule has 6 heteroatoms. The van der Waals surface area contributed by atoms with E-state index in [1.165, 1.54) is 6.42 Å². The van der Waals surface area contributed by atoms with E-state index < -0.39 is 0 Å². The molecule has 2 rings (SSSR count). The Kier molecular flexibility index (Phi) is 8.93. The van der Waals surface area contributed by atoms with Crippen LogP contribution in [0, 0.1) is 6.92 Å². The Bertz CT molecular complexity index is 592. The molecule has 0 aromatic heterocycles. The molecular formula is C19H30ClN3O2. The van der Waals surface area contributed by atoms with E-state index in [2.05, 4.69) is 17.6 Å². The topological polar surface area (TPSA) is 61.4 Å². The largest absolute Gasteiger partial charge is 0.336 e. The summed E-state index contributed by atoms with van der Waals surface area (Å²) in [5, 5.41) is 5.96. The summed E-state index contributed by atoms with van der Waals surface area (Å²) in [5.74, 6) is 0.106. The van der Waals surface area contributed by atoms with E-state index in [1.54, 1.807) is 0 Å². The van der Waals surface area contributed by atoms with Gasteiger partial charge in [0.25, 0.3) is 5.91 Å². The molecule has 1 aliphatic heterocycles. The number of nitrogens with one attached hydrogen (secondary N) is 2. The number of anilines is 1. The van der Waals surface area contributed by atoms with Gasteiger partial charge in [0.05, 0.1) is 0 Å². The quantitative estimate of drug-likeness (QED) is 0.758. The first kappa shape index (κ1) is 21.5. The average molecular weight is 368 g/mol. The SMILES string of the molecule is CNCCCC(=O)Nc1ccc(C(=O)N2CCCCC2C)cc1C.Cl. The Hall–Kier alpha value is -1.59. The molecule has 1 aromatic carbocycles. The molecule has 0 bridgehead atoms. The van der Waals surface area contributed by atoms with Crippen LogP contribution in [-0.4, -0.2) is 42.9 Å². The fourth-order valence-electron chi connectivity index (χ4n) is 3.14. The van der Waals surface area contributed by atoms with Crippen molar-refractivity contribution in [2.75, 3.05) is 25.5 Å². The van der Waals surface area contributed by atoms with Gasteiger partial charge in [-0.1, -0.05) is 0 Å². The summed E-state index contributed by atoms with van der Waals surface area (Å²) in [6.45, 7) is 5.71. The number of likely N-dealkylation sites (tertiary alicyclic amines) is 1. The van der Waals surface area contributed by atoms with Gasteiger partial charge >= 0.3 is 0 Å². The zero-order chi connectivity index (χ0) is 17.5. The number of hydrogen-bond acceptors (Lipinski definition) is 3. The number of aryl methyl sites for hydroxylation is 1. The van der Waals surface area contributed by atoms with E-state index >= 15 is 0 Å². The second kappa shape index (κ2) is 10.4. The van der Waals surface area contributed by atoms with Crippen molar-refractivity contribution < 1.29 is 9.59 Å². The summed E-state index contributed by atoms with van der Waals surface area (Å²) in [6, 6.07) is 5.85. The average Bonchev–Trinajstić information content (AvgIpc) is 2.57. The predicted molar refractivity (Wildman–Crippen MR) is 105 cm³/mol. The summed E-state index contributed by atoms with van der Waals surface area (Å²) < 4.78 is 0. The number of carbonyl (C=O) groups excluding carboxylic acids is 2. The lowest BCUT2D eigenvalue weighted by Gasteiger charge is -2.33. The summed E-state index contributed by atoms with van der Waals surface area (Å²) in [4.78, 5) is 26.6. The van der Waals surface area contributed by atoms with Gasteiger partial charge in [0, 0.05) is 30.3 Å². The molecule has 1 fully saturated rings. The molecule has 1 aliphatic rings. The highest BCUT2D eigenvalue weighted by Gasteiger charge is 2.24. The lowest BCUT2D eigenvalue weighted by atomic mass is 10.0. The summed E-state index contributed by atoms with van der Waals surface area (Å²) >= 11 is 0. The van der Waals surface area contributed by atoms with Gasteiger partial charge in [-0.15, -0.1) is 12.4 Å². The number of halogens is 1. The number of hydrogen-bond donors (Lipinski definition) is 2. The van der Waals surface area contributed by atoms with Crippen LogP contribution < -0.4 is 10.6 Å². The van der Waals surface area contributed by atoms with Crippen molar-refractivity contribution in [2.45, 2.75) is 52.0 Å². The Morgan fingerprint density at radius 1 is 1.28 bits per heavy atom. The van der Waals surface area contributed by atoms with Crippen molar-refractivity contribution in [3.05, 3.63) is 29.3 Å². The van der Waals surface area contributed by atoms with Gasteiger partial charge in [-0.05, 0) is 76.9 Å². The van der Waals surface area contributed by atoms with E-state index in [-0.39, 0.29) is 24.2 Å². The van der Waals surface area contributed by atoms with Crippen LogP contribution in [-0.2, 0) is 4.79 Å². The molecule has 0 radical (unpaired) electrons. The van der Waals surface area contributed by atoms with Crippen LogP contribution >= 0.6 is 12.4 Å². The number of piperidine rings is 1. The predicted octanol–water partition coefficient (Wildman–Crippen LogP) is 3.37. The van der Waals surface area contributed by atoms with Crippen molar-refractivity contribution in [3.63, 3.8) is 0 Å². The highest BCUT2D eigenvalue weighted by Crippen LogP contribution is 2.22. The van der Waals surface area contributed by atoms with Crippen molar-refractivity contribution in [3.8, 4) is 0 Å². The second-order valence-electron chi connectivity index (χ2n) is 6.63. The Balaban J connectivity index is 0.00000312. The third-order valence-corrected chi connectivity index (χ3v) is 4.64. The fourth-order valence-corrected chi connectivity index (χ4v) is 3.14. The number of amides is 2. The molecule has 140 valence electrons. The lowest BCUT2D eigenvalue weighted by molar-refractivity contribution is -0.116. The van der Waals surface area contributed by atoms with Crippen molar-refractivity contribution in [2.24, 2.45) is 0 Å². The molecule has 2 N–H and O–H groups in total. The van der Waals surface area contributed by atoms with Crippen LogP contribution in [0.2, 0.25) is 0 Å². The molecule has 1 saturated heterocycles. The minimum Gasteiger partial charge on any atom is -0.336 e. The van der Waals surface area contributed by atoms with Crippen molar-refractivity contribution >= 4 is 29.9 Å². The van der Waals surface area contributed by atoms with Gasteiger partial charge in [-0.25, -0.2) is 0 Å². The van der Waals surface area contributed by atoms with Gasteiger partial charge in [0.1, 0.15) is 0 Å². The van der Waals surface area contributed by atoms with E-state index in [0.717, 1.165) is 43.6 Å². The van der Waals surface area contributed by atoms with Gasteiger partial charge in [-0.2, -0.15) is 0 Å². The normalized spacial score (nSPS) is 16.9. The molecule has 2 amide bonds. The molecule has 0 saturated carbocycles. The van der Waals surface area contributed by atoms with E-state index in [9.17, 15) is 9.59 Å². The number of rotatable bonds is 6. The molecule has 1 heterocycles. The van der Waals surface area contributed by atoms with Crippen molar-refractivity contribution in [1.82, 2.24) is 10.2 Å². The first-order chi connectivity index (χ1) is 11.5. The number of nitrogens with zero attached hydrogens (tertiary/aromatic N) is 1. The highest BCUT2D eigenvalue weighted by molar-refractivity contribution is 5.96. The van der Waals surface area contributed by atoms with Crippen LogP contribution in [0.3, 0.4) is 0 Å². The molecular weight excluding hydrogens is 338 g/mol. The Labute approximate surface area is 157 Å². The first-order valence-electron chi connectivity index (χ1n) is 8.89. The first-order valence-corrected chi connectivity index (χ1v) is 8.89. The Morgan fingerprint density at radius 3 is 2.68 bits per heavy atom. The second-order valence-corrected chi connectivity index (χ2v) is 6.63. The van der Waals surface area contributed by atoms with Gasteiger partial charge < -0.3 is 15.5 Å². The highest BCUT2D eigenvalue weighted by atomic mass is 35.5. The van der Waals surface area contributed by atoms with Gasteiger partial charge in [-0.3, -0.25) is 9.59 Å².